The summed E-state index contributed by atoms with van der Waals surface area (Å²) in [5.74, 6) is 0. The first-order chi connectivity index (χ1) is 6.56. The predicted molar refractivity (Wildman–Crippen MR) is 61.6 cm³/mol. The first kappa shape index (κ1) is 12.1. The fraction of sp³-hybridized carbons (Fsp3) is 1.00. The molecule has 0 aromatic heterocycles. The molecule has 1 aliphatic rings. The van der Waals surface area contributed by atoms with Gasteiger partial charge in [0.15, 0.2) is 0 Å². The molecule has 0 aromatic carbocycles. The fourth-order valence-corrected chi connectivity index (χ4v) is 3.11. The average molecular weight is 218 g/mol. The van der Waals surface area contributed by atoms with Gasteiger partial charge >= 0.3 is 0 Å². The molecule has 1 fully saturated rings. The number of hydrogen-bond acceptors (Lipinski definition) is 2. The van der Waals surface area contributed by atoms with E-state index in [4.69, 9.17) is 0 Å². The molecule has 1 unspecified atom stereocenters. The van der Waals surface area contributed by atoms with Crippen molar-refractivity contribution < 1.29 is 4.21 Å². The van der Waals surface area contributed by atoms with Crippen molar-refractivity contribution in [1.82, 2.24) is 9.21 Å². The molecular formula is C10H22N2OS. The van der Waals surface area contributed by atoms with Crippen LogP contribution in [0.4, 0.5) is 0 Å². The molecule has 0 radical (unpaired) electrons. The Bertz CT molecular complexity index is 208. The van der Waals surface area contributed by atoms with Crippen LogP contribution in [0.2, 0.25) is 0 Å². The van der Waals surface area contributed by atoms with Gasteiger partial charge in [0, 0.05) is 30.9 Å². The van der Waals surface area contributed by atoms with Crippen LogP contribution in [0.3, 0.4) is 0 Å². The van der Waals surface area contributed by atoms with Crippen LogP contribution in [-0.4, -0.2) is 50.9 Å². The highest BCUT2D eigenvalue weighted by Crippen LogP contribution is 2.12. The van der Waals surface area contributed by atoms with E-state index in [0.717, 1.165) is 26.2 Å². The number of hydrogen-bond donors (Lipinski definition) is 0. The molecule has 14 heavy (non-hydrogen) atoms. The SMILES string of the molecule is CCN1CCN(S(=O)C(C)C)C[C@@H]1C. The summed E-state index contributed by atoms with van der Waals surface area (Å²) in [5.41, 5.74) is 0. The maximum absolute atomic E-state index is 11.9. The first-order valence-electron chi connectivity index (χ1n) is 5.46. The summed E-state index contributed by atoms with van der Waals surface area (Å²) in [6.45, 7) is 12.5. The molecule has 1 rings (SSSR count). The van der Waals surface area contributed by atoms with Crippen LogP contribution in [-0.2, 0) is 11.0 Å². The van der Waals surface area contributed by atoms with Gasteiger partial charge in [-0.25, -0.2) is 8.51 Å². The lowest BCUT2D eigenvalue weighted by atomic mass is 10.2. The molecule has 3 nitrogen and oxygen atoms in total. The van der Waals surface area contributed by atoms with E-state index in [9.17, 15) is 4.21 Å². The number of piperazine rings is 1. The van der Waals surface area contributed by atoms with E-state index in [-0.39, 0.29) is 5.25 Å². The van der Waals surface area contributed by atoms with Crippen LogP contribution >= 0.6 is 0 Å². The minimum Gasteiger partial charge on any atom is -0.298 e. The molecule has 1 aliphatic heterocycles. The molecule has 1 saturated heterocycles. The summed E-state index contributed by atoms with van der Waals surface area (Å²) >= 11 is 0. The maximum Gasteiger partial charge on any atom is 0.0969 e. The number of nitrogens with zero attached hydrogens (tertiary/aromatic N) is 2. The predicted octanol–water partition coefficient (Wildman–Crippen LogP) is 1.08. The van der Waals surface area contributed by atoms with E-state index >= 15 is 0 Å². The van der Waals surface area contributed by atoms with Crippen molar-refractivity contribution >= 4 is 11.0 Å². The molecule has 84 valence electrons. The van der Waals surface area contributed by atoms with Crippen molar-refractivity contribution in [2.45, 2.75) is 39.0 Å². The summed E-state index contributed by atoms with van der Waals surface area (Å²) in [7, 11) is -0.789. The van der Waals surface area contributed by atoms with E-state index in [0.29, 0.717) is 6.04 Å². The summed E-state index contributed by atoms with van der Waals surface area (Å²) in [6, 6.07) is 0.538. The van der Waals surface area contributed by atoms with E-state index in [2.05, 4.69) is 23.1 Å². The summed E-state index contributed by atoms with van der Waals surface area (Å²) in [4.78, 5) is 2.44. The summed E-state index contributed by atoms with van der Waals surface area (Å²) < 4.78 is 14.0. The minimum atomic E-state index is -0.789. The Morgan fingerprint density at radius 1 is 1.43 bits per heavy atom. The van der Waals surface area contributed by atoms with Crippen LogP contribution in [0.15, 0.2) is 0 Å². The second kappa shape index (κ2) is 5.24. The van der Waals surface area contributed by atoms with Gasteiger partial charge in [0.25, 0.3) is 0 Å². The second-order valence-corrected chi connectivity index (χ2v) is 6.20. The highest BCUT2D eigenvalue weighted by Gasteiger charge is 2.26. The molecule has 1 heterocycles. The van der Waals surface area contributed by atoms with Gasteiger partial charge < -0.3 is 0 Å². The lowest BCUT2D eigenvalue weighted by molar-refractivity contribution is 0.138. The third-order valence-corrected chi connectivity index (χ3v) is 4.44. The topological polar surface area (TPSA) is 23.6 Å². The van der Waals surface area contributed by atoms with Gasteiger partial charge in [-0.05, 0) is 27.3 Å². The Kier molecular flexibility index (Phi) is 4.54. The third kappa shape index (κ3) is 2.78. The van der Waals surface area contributed by atoms with E-state index in [1.807, 2.05) is 13.8 Å². The molecule has 0 N–H and O–H groups in total. The van der Waals surface area contributed by atoms with Crippen LogP contribution in [0.25, 0.3) is 0 Å². The lowest BCUT2D eigenvalue weighted by Gasteiger charge is -2.38. The molecule has 0 aliphatic carbocycles. The van der Waals surface area contributed by atoms with E-state index in [1.54, 1.807) is 0 Å². The molecule has 0 saturated carbocycles. The quantitative estimate of drug-likeness (QED) is 0.708. The van der Waals surface area contributed by atoms with E-state index in [1.165, 1.54) is 0 Å². The zero-order chi connectivity index (χ0) is 10.7. The van der Waals surface area contributed by atoms with Crippen molar-refractivity contribution in [3.63, 3.8) is 0 Å². The van der Waals surface area contributed by atoms with Crippen molar-refractivity contribution in [3.8, 4) is 0 Å². The highest BCUT2D eigenvalue weighted by molar-refractivity contribution is 7.83. The fourth-order valence-electron chi connectivity index (χ4n) is 1.89. The summed E-state index contributed by atoms with van der Waals surface area (Å²) in [5, 5.41) is 0.246. The van der Waals surface area contributed by atoms with Crippen molar-refractivity contribution in [3.05, 3.63) is 0 Å². The van der Waals surface area contributed by atoms with Gasteiger partial charge in [-0.15, -0.1) is 0 Å². The zero-order valence-corrected chi connectivity index (χ0v) is 10.5. The second-order valence-electron chi connectivity index (χ2n) is 4.19. The van der Waals surface area contributed by atoms with Crippen LogP contribution in [0, 0.1) is 0 Å². The Morgan fingerprint density at radius 3 is 2.50 bits per heavy atom. The lowest BCUT2D eigenvalue weighted by Crippen LogP contribution is -2.52. The maximum atomic E-state index is 11.9. The normalized spacial score (nSPS) is 28.2. The van der Waals surface area contributed by atoms with Gasteiger partial charge in [-0.2, -0.15) is 0 Å². The average Bonchev–Trinajstić information content (AvgIpc) is 2.16. The monoisotopic (exact) mass is 218 g/mol. The van der Waals surface area contributed by atoms with Crippen molar-refractivity contribution in [1.29, 1.82) is 0 Å². The van der Waals surface area contributed by atoms with Gasteiger partial charge in [0.2, 0.25) is 0 Å². The standard InChI is InChI=1S/C10H22N2OS/c1-5-11-6-7-12(8-10(11)4)14(13)9(2)3/h9-10H,5-8H2,1-4H3/t10-,14?/m0/s1. The molecule has 0 amide bonds. The van der Waals surface area contributed by atoms with Gasteiger partial charge in [-0.3, -0.25) is 4.90 Å². The Hall–Kier alpha value is 0.0700. The first-order valence-corrected chi connectivity index (χ1v) is 6.63. The smallest absolute Gasteiger partial charge is 0.0969 e. The molecule has 4 heteroatoms. The Labute approximate surface area is 90.0 Å². The van der Waals surface area contributed by atoms with Crippen LogP contribution < -0.4 is 0 Å². The Morgan fingerprint density at radius 2 is 2.07 bits per heavy atom. The molecule has 0 bridgehead atoms. The Balaban J connectivity index is 2.50. The van der Waals surface area contributed by atoms with Crippen molar-refractivity contribution in [2.75, 3.05) is 26.2 Å². The van der Waals surface area contributed by atoms with Gasteiger partial charge in [0.05, 0.1) is 11.0 Å². The summed E-state index contributed by atoms with van der Waals surface area (Å²) in [6.07, 6.45) is 0. The van der Waals surface area contributed by atoms with Crippen LogP contribution in [0.1, 0.15) is 27.7 Å². The van der Waals surface area contributed by atoms with E-state index < -0.39 is 11.0 Å². The molecule has 0 aromatic rings. The number of rotatable bonds is 3. The van der Waals surface area contributed by atoms with Crippen molar-refractivity contribution in [2.24, 2.45) is 0 Å². The number of likely N-dealkylation sites (N-methyl/N-ethyl adjacent to an activating group) is 1. The molecule has 0 spiro atoms. The zero-order valence-electron chi connectivity index (χ0n) is 9.69. The minimum absolute atomic E-state index is 0.246. The van der Waals surface area contributed by atoms with Gasteiger partial charge in [-0.1, -0.05) is 6.92 Å². The van der Waals surface area contributed by atoms with Gasteiger partial charge in [0.1, 0.15) is 0 Å². The highest BCUT2D eigenvalue weighted by atomic mass is 32.2. The van der Waals surface area contributed by atoms with Crippen LogP contribution in [0.5, 0.6) is 0 Å². The molecular weight excluding hydrogens is 196 g/mol. The third-order valence-electron chi connectivity index (χ3n) is 2.79. The molecule has 2 atom stereocenters. The largest absolute Gasteiger partial charge is 0.298 e.